The van der Waals surface area contributed by atoms with E-state index < -0.39 is 11.7 Å². The molecule has 1 heterocycles. The number of hydrogen-bond donors (Lipinski definition) is 1. The molecule has 0 bridgehead atoms. The number of benzene rings is 1. The highest BCUT2D eigenvalue weighted by Crippen LogP contribution is 2.29. The van der Waals surface area contributed by atoms with Crippen molar-refractivity contribution in [2.75, 3.05) is 6.61 Å². The van der Waals surface area contributed by atoms with Gasteiger partial charge in [0, 0.05) is 12.5 Å². The minimum absolute atomic E-state index is 0.198. The summed E-state index contributed by atoms with van der Waals surface area (Å²) < 4.78 is 10.4. The molecule has 80 valence electrons. The van der Waals surface area contributed by atoms with Crippen LogP contribution in [0.15, 0.2) is 24.3 Å². The maximum Gasteiger partial charge on any atom is 0.304 e. The first-order chi connectivity index (χ1) is 7.12. The Morgan fingerprint density at radius 2 is 2.27 bits per heavy atom. The van der Waals surface area contributed by atoms with E-state index in [1.807, 2.05) is 24.3 Å². The maximum atomic E-state index is 11.0. The van der Waals surface area contributed by atoms with Gasteiger partial charge in [-0.15, -0.1) is 0 Å². The molecule has 4 heteroatoms. The predicted molar refractivity (Wildman–Crippen MR) is 53.7 cm³/mol. The zero-order chi connectivity index (χ0) is 10.9. The van der Waals surface area contributed by atoms with Crippen LogP contribution in [0, 0.1) is 0 Å². The highest BCUT2D eigenvalue weighted by atomic mass is 16.6. The fourth-order valence-electron chi connectivity index (χ4n) is 1.79. The summed E-state index contributed by atoms with van der Waals surface area (Å²) in [4.78, 5) is 11.0. The molecule has 0 aliphatic carbocycles. The van der Waals surface area contributed by atoms with E-state index in [0.717, 1.165) is 11.1 Å². The van der Waals surface area contributed by atoms with Crippen LogP contribution in [0.2, 0.25) is 0 Å². The van der Waals surface area contributed by atoms with E-state index in [2.05, 4.69) is 0 Å². The molecule has 0 amide bonds. The van der Waals surface area contributed by atoms with Crippen LogP contribution < -0.4 is 5.73 Å². The average Bonchev–Trinajstić information content (AvgIpc) is 2.17. The number of ether oxygens (including phenoxy) is 2. The minimum atomic E-state index is -1.14. The molecule has 0 spiro atoms. The van der Waals surface area contributed by atoms with Crippen LogP contribution in [0.5, 0.6) is 0 Å². The van der Waals surface area contributed by atoms with E-state index in [9.17, 15) is 4.79 Å². The van der Waals surface area contributed by atoms with Crippen molar-refractivity contribution in [2.24, 2.45) is 5.73 Å². The fraction of sp³-hybridized carbons (Fsp3) is 0.364. The molecule has 0 fully saturated rings. The number of fused-ring (bicyclic) bond motifs is 1. The van der Waals surface area contributed by atoms with E-state index in [1.165, 1.54) is 6.92 Å². The Bertz CT molecular complexity index is 391. The van der Waals surface area contributed by atoms with E-state index in [1.54, 1.807) is 0 Å². The predicted octanol–water partition coefficient (Wildman–Crippen LogP) is 0.891. The molecule has 0 saturated heterocycles. The van der Waals surface area contributed by atoms with E-state index >= 15 is 0 Å². The van der Waals surface area contributed by atoms with Gasteiger partial charge in [-0.05, 0) is 5.56 Å². The van der Waals surface area contributed by atoms with Gasteiger partial charge in [0.2, 0.25) is 5.72 Å². The average molecular weight is 207 g/mol. The minimum Gasteiger partial charge on any atom is -0.437 e. The lowest BCUT2D eigenvalue weighted by Crippen LogP contribution is -2.48. The summed E-state index contributed by atoms with van der Waals surface area (Å²) in [5, 5.41) is 0. The molecule has 0 unspecified atom stereocenters. The van der Waals surface area contributed by atoms with Crippen molar-refractivity contribution in [1.29, 1.82) is 0 Å². The number of esters is 1. The molecule has 1 aromatic carbocycles. The number of carbonyl (C=O) groups excluding carboxylic acids is 1. The van der Waals surface area contributed by atoms with Crippen molar-refractivity contribution in [3.63, 3.8) is 0 Å². The highest BCUT2D eigenvalue weighted by molar-refractivity contribution is 5.67. The number of hydrogen-bond acceptors (Lipinski definition) is 4. The van der Waals surface area contributed by atoms with Crippen LogP contribution in [0.1, 0.15) is 18.1 Å². The monoisotopic (exact) mass is 207 g/mol. The van der Waals surface area contributed by atoms with Crippen molar-refractivity contribution < 1.29 is 14.3 Å². The van der Waals surface area contributed by atoms with Crippen molar-refractivity contribution in [1.82, 2.24) is 0 Å². The SMILES string of the molecule is CC(=O)O[C@]1(N)COCc2ccccc21. The van der Waals surface area contributed by atoms with Gasteiger partial charge in [0.25, 0.3) is 0 Å². The molecule has 0 aromatic heterocycles. The van der Waals surface area contributed by atoms with Crippen molar-refractivity contribution >= 4 is 5.97 Å². The number of carbonyl (C=O) groups is 1. The fourth-order valence-corrected chi connectivity index (χ4v) is 1.79. The molecular formula is C11H13NO3. The summed E-state index contributed by atoms with van der Waals surface area (Å²) in [6, 6.07) is 7.55. The Balaban J connectivity index is 2.40. The molecule has 0 radical (unpaired) electrons. The summed E-state index contributed by atoms with van der Waals surface area (Å²) >= 11 is 0. The standard InChI is InChI=1S/C11H13NO3/c1-8(13)15-11(12)7-14-6-9-4-2-3-5-10(9)11/h2-5H,6-7,12H2,1H3/t11-/m1/s1. The Labute approximate surface area is 88.0 Å². The van der Waals surface area contributed by atoms with Crippen molar-refractivity contribution in [3.05, 3.63) is 35.4 Å². The van der Waals surface area contributed by atoms with Crippen molar-refractivity contribution in [2.45, 2.75) is 19.3 Å². The van der Waals surface area contributed by atoms with Gasteiger partial charge in [0.1, 0.15) is 6.61 Å². The first kappa shape index (κ1) is 10.1. The summed E-state index contributed by atoms with van der Waals surface area (Å²) in [5.41, 5.74) is 6.66. The molecule has 2 N–H and O–H groups in total. The van der Waals surface area contributed by atoms with Gasteiger partial charge >= 0.3 is 5.97 Å². The number of nitrogens with two attached hydrogens (primary N) is 1. The normalized spacial score (nSPS) is 24.4. The van der Waals surface area contributed by atoms with Gasteiger partial charge in [0.15, 0.2) is 0 Å². The molecule has 15 heavy (non-hydrogen) atoms. The zero-order valence-electron chi connectivity index (χ0n) is 8.53. The Morgan fingerprint density at radius 3 is 3.00 bits per heavy atom. The lowest BCUT2D eigenvalue weighted by Gasteiger charge is -2.34. The molecule has 4 nitrogen and oxygen atoms in total. The Morgan fingerprint density at radius 1 is 1.53 bits per heavy atom. The molecule has 1 aliphatic rings. The van der Waals surface area contributed by atoms with Crippen LogP contribution in [-0.4, -0.2) is 12.6 Å². The third-order valence-electron chi connectivity index (χ3n) is 2.37. The van der Waals surface area contributed by atoms with E-state index in [0.29, 0.717) is 6.61 Å². The van der Waals surface area contributed by atoms with Crippen LogP contribution in [-0.2, 0) is 26.6 Å². The van der Waals surface area contributed by atoms with Crippen LogP contribution >= 0.6 is 0 Å². The maximum absolute atomic E-state index is 11.0. The highest BCUT2D eigenvalue weighted by Gasteiger charge is 2.36. The topological polar surface area (TPSA) is 61.5 Å². The first-order valence-corrected chi connectivity index (χ1v) is 4.76. The van der Waals surface area contributed by atoms with Gasteiger partial charge in [-0.2, -0.15) is 0 Å². The van der Waals surface area contributed by atoms with Gasteiger partial charge in [-0.3, -0.25) is 10.5 Å². The summed E-state index contributed by atoms with van der Waals surface area (Å²) in [5.74, 6) is -0.405. The lowest BCUT2D eigenvalue weighted by atomic mass is 9.96. The summed E-state index contributed by atoms with van der Waals surface area (Å²) in [6.45, 7) is 2.05. The smallest absolute Gasteiger partial charge is 0.304 e. The quantitative estimate of drug-likeness (QED) is 0.548. The summed E-state index contributed by atoms with van der Waals surface area (Å²) in [6.07, 6.45) is 0. The molecule has 1 aliphatic heterocycles. The van der Waals surface area contributed by atoms with Gasteiger partial charge in [-0.1, -0.05) is 24.3 Å². The molecule has 2 rings (SSSR count). The molecular weight excluding hydrogens is 194 g/mol. The lowest BCUT2D eigenvalue weighted by molar-refractivity contribution is -0.168. The molecule has 1 atom stereocenters. The zero-order valence-corrected chi connectivity index (χ0v) is 8.53. The van der Waals surface area contributed by atoms with Crippen molar-refractivity contribution in [3.8, 4) is 0 Å². The van der Waals surface area contributed by atoms with Gasteiger partial charge in [0.05, 0.1) is 6.61 Å². The summed E-state index contributed by atoms with van der Waals surface area (Å²) in [7, 11) is 0. The second-order valence-corrected chi connectivity index (χ2v) is 3.63. The van der Waals surface area contributed by atoms with Crippen LogP contribution in [0.4, 0.5) is 0 Å². The Hall–Kier alpha value is -1.39. The van der Waals surface area contributed by atoms with Gasteiger partial charge < -0.3 is 9.47 Å². The first-order valence-electron chi connectivity index (χ1n) is 4.76. The van der Waals surface area contributed by atoms with Crippen LogP contribution in [0.3, 0.4) is 0 Å². The number of rotatable bonds is 1. The van der Waals surface area contributed by atoms with Gasteiger partial charge in [-0.25, -0.2) is 0 Å². The van der Waals surface area contributed by atoms with Crippen LogP contribution in [0.25, 0.3) is 0 Å². The second kappa shape index (κ2) is 3.64. The third kappa shape index (κ3) is 1.86. The molecule has 1 aromatic rings. The Kier molecular flexibility index (Phi) is 2.46. The van der Waals surface area contributed by atoms with E-state index in [4.69, 9.17) is 15.2 Å². The van der Waals surface area contributed by atoms with E-state index in [-0.39, 0.29) is 6.61 Å². The third-order valence-corrected chi connectivity index (χ3v) is 2.37. The second-order valence-electron chi connectivity index (χ2n) is 3.63. The molecule has 0 saturated carbocycles. The largest absolute Gasteiger partial charge is 0.437 e.